The van der Waals surface area contributed by atoms with Crippen molar-refractivity contribution in [2.75, 3.05) is 0 Å². The molecular formula is C20H18N4O3S. The van der Waals surface area contributed by atoms with Gasteiger partial charge in [-0.2, -0.15) is 18.2 Å². The Balaban J connectivity index is 1.53. The molecule has 0 amide bonds. The van der Waals surface area contributed by atoms with E-state index in [1.54, 1.807) is 12.1 Å². The van der Waals surface area contributed by atoms with Crippen molar-refractivity contribution in [1.82, 2.24) is 5.48 Å². The third-order valence-corrected chi connectivity index (χ3v) is 6.11. The lowest BCUT2D eigenvalue weighted by Gasteiger charge is -2.16. The first kappa shape index (κ1) is 18.5. The molecule has 0 heterocycles. The Morgan fingerprint density at radius 1 is 1.11 bits per heavy atom. The highest BCUT2D eigenvalue weighted by atomic mass is 32.2. The van der Waals surface area contributed by atoms with Crippen molar-refractivity contribution in [3.63, 3.8) is 0 Å². The third-order valence-electron chi connectivity index (χ3n) is 4.94. The van der Waals surface area contributed by atoms with E-state index in [0.717, 1.165) is 34.7 Å². The lowest BCUT2D eigenvalue weighted by Crippen LogP contribution is -2.24. The van der Waals surface area contributed by atoms with Crippen LogP contribution in [0, 0.1) is 0 Å². The summed E-state index contributed by atoms with van der Waals surface area (Å²) in [5.41, 5.74) is 14.1. The summed E-state index contributed by atoms with van der Waals surface area (Å²) < 4.78 is 30.2. The number of nitrogens with zero attached hydrogens (tertiary/aromatic N) is 3. The predicted octanol–water partition coefficient (Wildman–Crippen LogP) is 4.55. The van der Waals surface area contributed by atoms with Gasteiger partial charge in [-0.1, -0.05) is 53.6 Å². The summed E-state index contributed by atoms with van der Waals surface area (Å²) in [5.74, 6) is 0. The van der Waals surface area contributed by atoms with Crippen molar-refractivity contribution < 1.29 is 12.7 Å². The second kappa shape index (κ2) is 7.61. The predicted molar refractivity (Wildman–Crippen MR) is 106 cm³/mol. The zero-order valence-corrected chi connectivity index (χ0v) is 15.8. The third kappa shape index (κ3) is 3.58. The van der Waals surface area contributed by atoms with E-state index in [4.69, 9.17) is 9.81 Å². The van der Waals surface area contributed by atoms with Crippen LogP contribution in [-0.4, -0.2) is 8.42 Å². The zero-order valence-electron chi connectivity index (χ0n) is 14.9. The molecular weight excluding hydrogens is 376 g/mol. The minimum absolute atomic E-state index is 0.0424. The molecule has 1 unspecified atom stereocenters. The van der Waals surface area contributed by atoms with Crippen LogP contribution < -0.4 is 5.48 Å². The van der Waals surface area contributed by atoms with Crippen LogP contribution in [0.1, 0.15) is 29.2 Å². The Hall–Kier alpha value is -2.90. The highest BCUT2D eigenvalue weighted by Gasteiger charge is 2.27. The molecule has 1 aliphatic carbocycles. The number of hydrogen-bond donors (Lipinski definition) is 1. The highest BCUT2D eigenvalue weighted by molar-refractivity contribution is 7.86. The fourth-order valence-corrected chi connectivity index (χ4v) is 4.39. The van der Waals surface area contributed by atoms with Crippen LogP contribution in [0.2, 0.25) is 0 Å². The van der Waals surface area contributed by atoms with Gasteiger partial charge in [0.1, 0.15) is 0 Å². The first-order valence-electron chi connectivity index (χ1n) is 8.88. The molecule has 28 heavy (non-hydrogen) atoms. The van der Waals surface area contributed by atoms with Crippen LogP contribution in [-0.2, 0) is 27.4 Å². The molecule has 0 radical (unpaired) electrons. The van der Waals surface area contributed by atoms with E-state index in [9.17, 15) is 8.42 Å². The first-order chi connectivity index (χ1) is 13.6. The summed E-state index contributed by atoms with van der Waals surface area (Å²) in [6.07, 6.45) is 1.64. The van der Waals surface area contributed by atoms with Crippen molar-refractivity contribution in [3.05, 3.63) is 87.8 Å². The summed E-state index contributed by atoms with van der Waals surface area (Å²) in [6, 6.07) is 18.1. The van der Waals surface area contributed by atoms with Crippen LogP contribution in [0.4, 0.5) is 0 Å². The molecule has 142 valence electrons. The second-order valence-electron chi connectivity index (χ2n) is 6.64. The van der Waals surface area contributed by atoms with Gasteiger partial charge in [0.25, 0.3) is 0 Å². The topological polar surface area (TPSA) is 104 Å². The standard InChI is InChI=1S/C20H18N4O3S/c21-24-22-13-14-5-10-17(11-6-14)28(25,26)27-23-19-12-9-16-8-7-15-3-1-2-4-18(15)20(16)19/h1-8,10-11,19,23H,9,12-13H2. The van der Waals surface area contributed by atoms with E-state index >= 15 is 0 Å². The average Bonchev–Trinajstić information content (AvgIpc) is 3.15. The van der Waals surface area contributed by atoms with Crippen molar-refractivity contribution in [1.29, 1.82) is 0 Å². The van der Waals surface area contributed by atoms with Gasteiger partial charge in [0.05, 0.1) is 17.5 Å². The van der Waals surface area contributed by atoms with Crippen LogP contribution in [0.5, 0.6) is 0 Å². The Labute approximate surface area is 162 Å². The molecule has 0 saturated carbocycles. The fourth-order valence-electron chi connectivity index (χ4n) is 3.58. The normalized spacial score (nSPS) is 15.9. The molecule has 3 aromatic carbocycles. The van der Waals surface area contributed by atoms with E-state index in [2.05, 4.69) is 27.6 Å². The maximum absolute atomic E-state index is 12.5. The van der Waals surface area contributed by atoms with Gasteiger partial charge >= 0.3 is 10.1 Å². The minimum Gasteiger partial charge on any atom is -0.192 e. The van der Waals surface area contributed by atoms with Crippen LogP contribution in [0.3, 0.4) is 0 Å². The molecule has 3 aromatic rings. The Kier molecular flexibility index (Phi) is 5.02. The van der Waals surface area contributed by atoms with E-state index in [0.29, 0.717) is 0 Å². The van der Waals surface area contributed by atoms with Crippen LogP contribution >= 0.6 is 0 Å². The highest BCUT2D eigenvalue weighted by Crippen LogP contribution is 2.37. The number of aryl methyl sites for hydroxylation is 1. The zero-order chi connectivity index (χ0) is 19.6. The Bertz CT molecular complexity index is 1170. The molecule has 0 bridgehead atoms. The monoisotopic (exact) mass is 394 g/mol. The second-order valence-corrected chi connectivity index (χ2v) is 8.19. The molecule has 4 rings (SSSR count). The van der Waals surface area contributed by atoms with Crippen molar-refractivity contribution >= 4 is 20.9 Å². The van der Waals surface area contributed by atoms with Gasteiger partial charge < -0.3 is 0 Å². The number of azide groups is 1. The number of rotatable bonds is 6. The number of hydrogen-bond acceptors (Lipinski definition) is 5. The molecule has 1 aliphatic rings. The van der Waals surface area contributed by atoms with Gasteiger partial charge in [-0.05, 0) is 58.0 Å². The van der Waals surface area contributed by atoms with Crippen molar-refractivity contribution in [2.24, 2.45) is 5.11 Å². The van der Waals surface area contributed by atoms with E-state index < -0.39 is 10.1 Å². The molecule has 0 spiro atoms. The molecule has 0 aromatic heterocycles. The summed E-state index contributed by atoms with van der Waals surface area (Å²) >= 11 is 0. The van der Waals surface area contributed by atoms with E-state index in [1.165, 1.54) is 17.7 Å². The SMILES string of the molecule is [N-]=[N+]=NCc1ccc(S(=O)(=O)ONC2CCc3ccc4ccccc4c32)cc1. The van der Waals surface area contributed by atoms with Gasteiger partial charge in [-0.3, -0.25) is 0 Å². The number of fused-ring (bicyclic) bond motifs is 3. The molecule has 1 N–H and O–H groups in total. The summed E-state index contributed by atoms with van der Waals surface area (Å²) in [6.45, 7) is 0.169. The summed E-state index contributed by atoms with van der Waals surface area (Å²) in [7, 11) is -3.96. The molecule has 0 aliphatic heterocycles. The van der Waals surface area contributed by atoms with Crippen LogP contribution in [0.25, 0.3) is 21.2 Å². The fraction of sp³-hybridized carbons (Fsp3) is 0.200. The minimum atomic E-state index is -3.96. The van der Waals surface area contributed by atoms with E-state index in [1.807, 2.05) is 24.3 Å². The lowest BCUT2D eigenvalue weighted by molar-refractivity contribution is 0.163. The van der Waals surface area contributed by atoms with Crippen LogP contribution in [0.15, 0.2) is 70.7 Å². The smallest absolute Gasteiger partial charge is 0.192 e. The average molecular weight is 394 g/mol. The van der Waals surface area contributed by atoms with Gasteiger partial charge in [-0.15, -0.1) is 0 Å². The molecule has 8 heteroatoms. The van der Waals surface area contributed by atoms with Crippen molar-refractivity contribution in [3.8, 4) is 0 Å². The maximum atomic E-state index is 12.5. The molecule has 7 nitrogen and oxygen atoms in total. The number of benzene rings is 3. The van der Waals surface area contributed by atoms with Gasteiger partial charge in [0.15, 0.2) is 0 Å². The Morgan fingerprint density at radius 2 is 1.89 bits per heavy atom. The van der Waals surface area contributed by atoms with Crippen molar-refractivity contribution in [2.45, 2.75) is 30.3 Å². The quantitative estimate of drug-likeness (QED) is 0.287. The van der Waals surface area contributed by atoms with E-state index in [-0.39, 0.29) is 17.5 Å². The largest absolute Gasteiger partial charge is 0.312 e. The maximum Gasteiger partial charge on any atom is 0.312 e. The summed E-state index contributed by atoms with van der Waals surface area (Å²) in [5, 5.41) is 5.68. The lowest BCUT2D eigenvalue weighted by atomic mass is 9.99. The molecule has 0 fully saturated rings. The number of hydroxylamine groups is 1. The van der Waals surface area contributed by atoms with Gasteiger partial charge in [-0.25, -0.2) is 0 Å². The first-order valence-corrected chi connectivity index (χ1v) is 10.3. The van der Waals surface area contributed by atoms with Gasteiger partial charge in [0, 0.05) is 4.91 Å². The van der Waals surface area contributed by atoms with Gasteiger partial charge in [0.2, 0.25) is 0 Å². The molecule has 0 saturated heterocycles. The summed E-state index contributed by atoms with van der Waals surface area (Å²) in [4.78, 5) is 2.73. The molecule has 1 atom stereocenters. The Morgan fingerprint density at radius 3 is 2.68 bits per heavy atom. The number of nitrogens with one attached hydrogen (secondary N) is 1.